The molecule has 0 fully saturated rings. The van der Waals surface area contributed by atoms with E-state index in [1.54, 1.807) is 13.8 Å². The SMILES string of the molecule is CC(=O)Oc1c(C(C)(C)C)cc(C(=C2C=C(C(C)(C)C)C(=O)C(C(C)(C)C)=C2)c2ccc3c(Br)c4ccccc4c(C#CC(C)(C)O)c3c2)cc1C(C)(C)C. The maximum atomic E-state index is 14.3. The number of esters is 1. The fraction of sp³-hybridized carbons (Fsp3) is 0.400. The van der Waals surface area contributed by atoms with Crippen LogP contribution in [0.4, 0.5) is 0 Å². The van der Waals surface area contributed by atoms with Crippen LogP contribution in [0, 0.1) is 22.7 Å². The molecule has 0 unspecified atom stereocenters. The summed E-state index contributed by atoms with van der Waals surface area (Å²) < 4.78 is 7.04. The minimum Gasteiger partial charge on any atom is -0.426 e. The average molecular weight is 802 g/mol. The van der Waals surface area contributed by atoms with E-state index in [-0.39, 0.29) is 22.6 Å². The Labute approximate surface area is 337 Å². The van der Waals surface area contributed by atoms with Gasteiger partial charge in [0, 0.05) is 39.2 Å². The number of allylic oxidation sites excluding steroid dienone is 5. The monoisotopic (exact) mass is 800 g/mol. The van der Waals surface area contributed by atoms with E-state index in [1.807, 2.05) is 12.1 Å². The molecule has 0 radical (unpaired) electrons. The number of benzene rings is 4. The molecular weight excluding hydrogens is 744 g/mol. The largest absolute Gasteiger partial charge is 0.426 e. The van der Waals surface area contributed by atoms with Crippen molar-refractivity contribution < 1.29 is 19.4 Å². The zero-order chi connectivity index (χ0) is 41.2. The van der Waals surface area contributed by atoms with Crippen molar-refractivity contribution in [2.75, 3.05) is 0 Å². The van der Waals surface area contributed by atoms with Crippen LogP contribution in [0.2, 0.25) is 0 Å². The van der Waals surface area contributed by atoms with Gasteiger partial charge >= 0.3 is 5.97 Å². The molecule has 1 aliphatic rings. The summed E-state index contributed by atoms with van der Waals surface area (Å²) in [7, 11) is 0. The molecule has 1 N–H and O–H groups in total. The molecule has 5 heteroatoms. The van der Waals surface area contributed by atoms with Crippen LogP contribution < -0.4 is 4.74 Å². The summed E-state index contributed by atoms with van der Waals surface area (Å²) in [5, 5.41) is 14.7. The Balaban J connectivity index is 2.07. The van der Waals surface area contributed by atoms with Gasteiger partial charge in [0.25, 0.3) is 0 Å². The molecule has 4 aromatic carbocycles. The zero-order valence-electron chi connectivity index (χ0n) is 35.4. The van der Waals surface area contributed by atoms with Crippen molar-refractivity contribution in [3.8, 4) is 17.6 Å². The summed E-state index contributed by atoms with van der Waals surface area (Å²) >= 11 is 3.94. The van der Waals surface area contributed by atoms with Crippen LogP contribution >= 0.6 is 15.9 Å². The molecule has 55 heavy (non-hydrogen) atoms. The topological polar surface area (TPSA) is 63.6 Å². The molecule has 288 valence electrons. The van der Waals surface area contributed by atoms with Crippen LogP contribution in [0.1, 0.15) is 132 Å². The predicted molar refractivity (Wildman–Crippen MR) is 234 cm³/mol. The van der Waals surface area contributed by atoms with Crippen LogP contribution in [0.5, 0.6) is 5.75 Å². The molecular formula is C50H57BrO4. The lowest BCUT2D eigenvalue weighted by Crippen LogP contribution is -2.28. The van der Waals surface area contributed by atoms with Gasteiger partial charge < -0.3 is 9.84 Å². The molecule has 0 aromatic heterocycles. The van der Waals surface area contributed by atoms with Crippen molar-refractivity contribution >= 4 is 54.8 Å². The van der Waals surface area contributed by atoms with E-state index >= 15 is 0 Å². The Kier molecular flexibility index (Phi) is 10.9. The highest BCUT2D eigenvalue weighted by Gasteiger charge is 2.36. The van der Waals surface area contributed by atoms with Crippen molar-refractivity contribution in [2.24, 2.45) is 10.8 Å². The van der Waals surface area contributed by atoms with Gasteiger partial charge in [-0.25, -0.2) is 0 Å². The fourth-order valence-corrected chi connectivity index (χ4v) is 7.85. The number of rotatable bonds is 3. The van der Waals surface area contributed by atoms with Crippen molar-refractivity contribution in [1.29, 1.82) is 0 Å². The number of hydrogen-bond donors (Lipinski definition) is 1. The third-order valence-electron chi connectivity index (χ3n) is 9.97. The summed E-state index contributed by atoms with van der Waals surface area (Å²) in [6.45, 7) is 30.2. The van der Waals surface area contributed by atoms with E-state index in [0.29, 0.717) is 5.75 Å². The number of fused-ring (bicyclic) bond motifs is 2. The summed E-state index contributed by atoms with van der Waals surface area (Å²) in [4.78, 5) is 26.9. The predicted octanol–water partition coefficient (Wildman–Crippen LogP) is 12.7. The number of hydrogen-bond acceptors (Lipinski definition) is 4. The van der Waals surface area contributed by atoms with E-state index in [9.17, 15) is 14.7 Å². The van der Waals surface area contributed by atoms with Gasteiger partial charge in [0.2, 0.25) is 0 Å². The molecule has 0 bridgehead atoms. The van der Waals surface area contributed by atoms with Crippen molar-refractivity contribution in [1.82, 2.24) is 0 Å². The summed E-state index contributed by atoms with van der Waals surface area (Å²) in [5.41, 5.74) is 5.14. The van der Waals surface area contributed by atoms with E-state index in [1.165, 1.54) is 6.92 Å². The lowest BCUT2D eigenvalue weighted by molar-refractivity contribution is -0.132. The second-order valence-corrected chi connectivity index (χ2v) is 20.4. The Hall–Kier alpha value is -4.24. The highest BCUT2D eigenvalue weighted by Crippen LogP contribution is 2.47. The molecule has 0 atom stereocenters. The lowest BCUT2D eigenvalue weighted by Gasteiger charge is -2.33. The summed E-state index contributed by atoms with van der Waals surface area (Å²) in [6, 6.07) is 19.0. The maximum absolute atomic E-state index is 14.3. The van der Waals surface area contributed by atoms with Crippen molar-refractivity contribution in [2.45, 2.75) is 120 Å². The third kappa shape index (κ3) is 8.77. The molecule has 0 heterocycles. The maximum Gasteiger partial charge on any atom is 0.308 e. The van der Waals surface area contributed by atoms with Gasteiger partial charge in [-0.1, -0.05) is 131 Å². The number of halogens is 1. The van der Waals surface area contributed by atoms with E-state index < -0.39 is 16.4 Å². The van der Waals surface area contributed by atoms with Gasteiger partial charge in [-0.3, -0.25) is 9.59 Å². The van der Waals surface area contributed by atoms with Gasteiger partial charge in [0.15, 0.2) is 5.78 Å². The Bertz CT molecular complexity index is 2330. The minimum absolute atomic E-state index is 0.0668. The van der Waals surface area contributed by atoms with Gasteiger partial charge in [0.05, 0.1) is 0 Å². The second kappa shape index (κ2) is 14.4. The van der Waals surface area contributed by atoms with Gasteiger partial charge in [-0.15, -0.1) is 0 Å². The number of aliphatic hydroxyl groups is 1. The third-order valence-corrected chi connectivity index (χ3v) is 10.8. The number of carbonyl (C=O) groups excluding carboxylic acids is 2. The quantitative estimate of drug-likeness (QED) is 0.0970. The first-order chi connectivity index (χ1) is 25.1. The molecule has 0 saturated heterocycles. The zero-order valence-corrected chi connectivity index (χ0v) is 37.0. The first-order valence-corrected chi connectivity index (χ1v) is 19.9. The number of ether oxygens (including phenoxy) is 1. The van der Waals surface area contributed by atoms with Crippen molar-refractivity contribution in [3.05, 3.63) is 116 Å². The van der Waals surface area contributed by atoms with Crippen LogP contribution in [0.3, 0.4) is 0 Å². The highest BCUT2D eigenvalue weighted by atomic mass is 79.9. The van der Waals surface area contributed by atoms with Crippen LogP contribution in [0.25, 0.3) is 27.1 Å². The first-order valence-electron chi connectivity index (χ1n) is 19.1. The van der Waals surface area contributed by atoms with Crippen LogP contribution in [0.15, 0.2) is 87.9 Å². The number of Topliss-reactive ketones (excluding diaryl/α,β-unsaturated/α-hetero) is 1. The Morgan fingerprint density at radius 3 is 1.60 bits per heavy atom. The standard InChI is InChI=1S/C50H57BrO4/c1-29(52)55-45-40(48(8,9)10)27-32(28-41(45)49(11,12)13)42(31-25-38(46(2,3)4)44(53)39(26-31)47(5,6)7)30-20-21-36-37(24-30)34(22-23-50(14,15)54)33-18-16-17-19-35(33)43(36)51/h16-21,24-28,54H,1-15H3. The minimum atomic E-state index is -1.20. The van der Waals surface area contributed by atoms with E-state index in [0.717, 1.165) is 76.1 Å². The lowest BCUT2D eigenvalue weighted by atomic mass is 9.70. The van der Waals surface area contributed by atoms with Crippen LogP contribution in [-0.4, -0.2) is 22.5 Å². The smallest absolute Gasteiger partial charge is 0.308 e. The molecule has 1 aliphatic carbocycles. The van der Waals surface area contributed by atoms with E-state index in [2.05, 4.69) is 165 Å². The first kappa shape index (κ1) is 41.9. The van der Waals surface area contributed by atoms with Crippen LogP contribution in [-0.2, 0) is 20.4 Å². The Morgan fingerprint density at radius 1 is 0.655 bits per heavy atom. The summed E-state index contributed by atoms with van der Waals surface area (Å²) in [5.74, 6) is 6.75. The molecule has 0 amide bonds. The number of carbonyl (C=O) groups is 2. The second-order valence-electron chi connectivity index (χ2n) is 19.6. The highest BCUT2D eigenvalue weighted by molar-refractivity contribution is 9.10. The molecule has 4 nitrogen and oxygen atoms in total. The number of ketones is 1. The van der Waals surface area contributed by atoms with Gasteiger partial charge in [0.1, 0.15) is 11.4 Å². The van der Waals surface area contributed by atoms with Crippen molar-refractivity contribution in [3.63, 3.8) is 0 Å². The Morgan fingerprint density at radius 2 is 1.15 bits per heavy atom. The van der Waals surface area contributed by atoms with Gasteiger partial charge in [-0.2, -0.15) is 0 Å². The average Bonchev–Trinajstić information content (AvgIpc) is 3.03. The summed E-state index contributed by atoms with van der Waals surface area (Å²) in [6.07, 6.45) is 4.16. The normalized spacial score (nSPS) is 14.4. The van der Waals surface area contributed by atoms with Gasteiger partial charge in [-0.05, 0) is 126 Å². The molecule has 5 rings (SSSR count). The molecule has 0 saturated carbocycles. The molecule has 0 aliphatic heterocycles. The molecule has 4 aromatic rings. The molecule has 0 spiro atoms. The fourth-order valence-electron chi connectivity index (χ4n) is 7.16. The van der Waals surface area contributed by atoms with E-state index in [4.69, 9.17) is 4.74 Å².